The molecule has 0 heterocycles. The fourth-order valence-corrected chi connectivity index (χ4v) is 6.89. The Hall–Kier alpha value is -4.57. The largest absolute Gasteiger partial charge is 0.504 e. The number of phenols is 2. The predicted octanol–water partition coefficient (Wildman–Crippen LogP) is 3.32. The van der Waals surface area contributed by atoms with Crippen LogP contribution in [0.4, 0.5) is 0 Å². The van der Waals surface area contributed by atoms with Crippen LogP contribution in [0.25, 0.3) is 43.1 Å². The number of benzene rings is 5. The minimum absolute atomic E-state index is 0.0555. The smallest absolute Gasteiger partial charge is 0.194 e. The summed E-state index contributed by atoms with van der Waals surface area (Å²) in [5.41, 5.74) is -2.45. The number of aromatic hydroxyl groups is 2. The highest BCUT2D eigenvalue weighted by atomic mass is 16.5. The summed E-state index contributed by atoms with van der Waals surface area (Å²) >= 11 is 0. The maximum absolute atomic E-state index is 13.5. The number of ketones is 1. The molecule has 1 aliphatic rings. The number of rotatable bonds is 5. The fraction of sp³-hybridized carbons (Fsp3) is 0.300. The van der Waals surface area contributed by atoms with E-state index in [-0.39, 0.29) is 56.5 Å². The van der Waals surface area contributed by atoms with Crippen LogP contribution in [0.3, 0.4) is 0 Å². The van der Waals surface area contributed by atoms with Gasteiger partial charge in [-0.3, -0.25) is 14.4 Å². The summed E-state index contributed by atoms with van der Waals surface area (Å²) < 4.78 is 22.5. The monoisotopic (exact) mass is 546 g/mol. The van der Waals surface area contributed by atoms with Crippen molar-refractivity contribution in [3.8, 4) is 34.5 Å². The molecule has 3 N–H and O–H groups in total. The van der Waals surface area contributed by atoms with Crippen LogP contribution in [0, 0.1) is 0 Å². The number of carbonyl (C=O) groups excluding carboxylic acids is 1. The molecular weight excluding hydrogens is 520 g/mol. The third-order valence-electron chi connectivity index (χ3n) is 8.20. The van der Waals surface area contributed by atoms with E-state index in [4.69, 9.17) is 18.9 Å². The summed E-state index contributed by atoms with van der Waals surface area (Å²) in [6.45, 7) is 2.78. The molecule has 0 bridgehead atoms. The molecule has 0 saturated heterocycles. The zero-order valence-electron chi connectivity index (χ0n) is 22.6. The number of hydrogen-bond donors (Lipinski definition) is 3. The molecule has 40 heavy (non-hydrogen) atoms. The Labute approximate surface area is 226 Å². The Kier molecular flexibility index (Phi) is 5.28. The van der Waals surface area contributed by atoms with Crippen molar-refractivity contribution in [2.45, 2.75) is 31.8 Å². The number of fused-ring (bicyclic) bond motifs is 1. The van der Waals surface area contributed by atoms with Gasteiger partial charge in [0.1, 0.15) is 17.3 Å². The van der Waals surface area contributed by atoms with E-state index in [9.17, 15) is 29.7 Å². The third-order valence-corrected chi connectivity index (χ3v) is 8.20. The van der Waals surface area contributed by atoms with Crippen LogP contribution in [-0.4, -0.2) is 55.1 Å². The molecule has 6 rings (SSSR count). The van der Waals surface area contributed by atoms with Crippen molar-refractivity contribution < 1.29 is 39.1 Å². The fourth-order valence-electron chi connectivity index (χ4n) is 6.89. The van der Waals surface area contributed by atoms with Crippen molar-refractivity contribution in [2.24, 2.45) is 0 Å². The maximum Gasteiger partial charge on any atom is 0.194 e. The molecule has 206 valence electrons. The Morgan fingerprint density at radius 3 is 1.68 bits per heavy atom. The Morgan fingerprint density at radius 2 is 1.23 bits per heavy atom. The zero-order valence-corrected chi connectivity index (χ0v) is 22.6. The van der Waals surface area contributed by atoms with Crippen molar-refractivity contribution in [1.29, 1.82) is 0 Å². The van der Waals surface area contributed by atoms with Gasteiger partial charge in [-0.25, -0.2) is 0 Å². The Bertz CT molecular complexity index is 2040. The molecule has 10 nitrogen and oxygen atoms in total. The van der Waals surface area contributed by atoms with E-state index >= 15 is 0 Å². The van der Waals surface area contributed by atoms with Gasteiger partial charge in [0, 0.05) is 51.2 Å². The molecule has 0 radical (unpaired) electrons. The molecule has 0 fully saturated rings. The van der Waals surface area contributed by atoms with Crippen LogP contribution < -0.4 is 29.8 Å². The van der Waals surface area contributed by atoms with Gasteiger partial charge in [0.15, 0.2) is 33.9 Å². The van der Waals surface area contributed by atoms with Crippen LogP contribution in [-0.2, 0) is 11.2 Å². The first-order valence-electron chi connectivity index (χ1n) is 12.5. The number of methoxy groups -OCH3 is 4. The van der Waals surface area contributed by atoms with E-state index in [0.29, 0.717) is 27.1 Å². The molecule has 2 atom stereocenters. The normalized spacial score (nSPS) is 18.6. The average molecular weight is 547 g/mol. The number of hydrogen-bond acceptors (Lipinski definition) is 10. The van der Waals surface area contributed by atoms with Gasteiger partial charge in [-0.2, -0.15) is 0 Å². The van der Waals surface area contributed by atoms with Gasteiger partial charge in [-0.15, -0.1) is 0 Å². The van der Waals surface area contributed by atoms with Gasteiger partial charge in [-0.05, 0) is 24.6 Å². The van der Waals surface area contributed by atoms with E-state index < -0.39 is 39.7 Å². The molecule has 0 spiro atoms. The van der Waals surface area contributed by atoms with Crippen LogP contribution >= 0.6 is 0 Å². The maximum atomic E-state index is 13.5. The van der Waals surface area contributed by atoms with Crippen molar-refractivity contribution in [3.05, 3.63) is 43.7 Å². The van der Waals surface area contributed by atoms with E-state index in [1.165, 1.54) is 54.4 Å². The lowest BCUT2D eigenvalue weighted by molar-refractivity contribution is -0.124. The molecule has 0 aliphatic heterocycles. The summed E-state index contributed by atoms with van der Waals surface area (Å²) in [6.07, 6.45) is -0.187. The highest BCUT2D eigenvalue weighted by Crippen LogP contribution is 2.59. The first-order chi connectivity index (χ1) is 18.9. The average Bonchev–Trinajstić information content (AvgIpc) is 2.99. The summed E-state index contributed by atoms with van der Waals surface area (Å²) in [6, 6.07) is 2.43. The number of phenolic OH excluding ortho intramolecular Hbond substituents is 2. The number of Topliss-reactive ketones (excluding diaryl/α,β-unsaturated/α-hetero) is 1. The van der Waals surface area contributed by atoms with E-state index in [0.717, 1.165) is 0 Å². The summed E-state index contributed by atoms with van der Waals surface area (Å²) in [4.78, 5) is 40.3. The van der Waals surface area contributed by atoms with Crippen molar-refractivity contribution in [1.82, 2.24) is 0 Å². The van der Waals surface area contributed by atoms with Gasteiger partial charge < -0.3 is 34.3 Å². The highest BCUT2D eigenvalue weighted by molar-refractivity contribution is 6.39. The van der Waals surface area contributed by atoms with Gasteiger partial charge in [0.25, 0.3) is 0 Å². The minimum atomic E-state index is -1.78. The van der Waals surface area contributed by atoms with E-state index in [1.807, 2.05) is 0 Å². The zero-order chi connectivity index (χ0) is 29.0. The van der Waals surface area contributed by atoms with Crippen LogP contribution in [0.1, 0.15) is 30.9 Å². The predicted molar refractivity (Wildman–Crippen MR) is 149 cm³/mol. The van der Waals surface area contributed by atoms with E-state index in [1.54, 1.807) is 0 Å². The summed E-state index contributed by atoms with van der Waals surface area (Å²) in [7, 11) is 5.37. The van der Waals surface area contributed by atoms with Crippen LogP contribution in [0.2, 0.25) is 0 Å². The minimum Gasteiger partial charge on any atom is -0.504 e. The molecular formula is C30H26O10. The topological polar surface area (TPSA) is 149 Å². The Morgan fingerprint density at radius 1 is 0.750 bits per heavy atom. The lowest BCUT2D eigenvalue weighted by atomic mass is 9.77. The molecule has 0 amide bonds. The van der Waals surface area contributed by atoms with Crippen LogP contribution in [0.15, 0.2) is 21.7 Å². The number of aliphatic hydroxyl groups is 1. The lowest BCUT2D eigenvalue weighted by Crippen LogP contribution is -2.38. The standard InChI is InChI=1S/C30H26O10/c1-10(31)25-24-22-16-11(9-30(25,2)36)28(39-5)26(34)17-12(32)7-14(37-3)19(21(16)17)20-15(38-4)8-13(33)18(23(20)22)27(35)29(24)40-6/h7-8,25,34-36H,9H2,1-6H3. The molecule has 10 heteroatoms. The van der Waals surface area contributed by atoms with Crippen molar-refractivity contribution in [2.75, 3.05) is 28.4 Å². The molecule has 5 aromatic rings. The Balaban J connectivity index is 2.20. The van der Waals surface area contributed by atoms with Crippen LogP contribution in [0.5, 0.6) is 34.5 Å². The first kappa shape index (κ1) is 25.7. The summed E-state index contributed by atoms with van der Waals surface area (Å²) in [5.74, 6) is -2.55. The second kappa shape index (κ2) is 8.22. The lowest BCUT2D eigenvalue weighted by Gasteiger charge is -2.32. The second-order valence-corrected chi connectivity index (χ2v) is 10.4. The number of ether oxygens (including phenoxy) is 4. The molecule has 5 aromatic carbocycles. The second-order valence-electron chi connectivity index (χ2n) is 10.4. The van der Waals surface area contributed by atoms with Crippen molar-refractivity contribution >= 4 is 48.9 Å². The number of carbonyl (C=O) groups is 1. The van der Waals surface area contributed by atoms with Gasteiger partial charge in [0.05, 0.1) is 50.7 Å². The quantitative estimate of drug-likeness (QED) is 0.221. The SMILES string of the molecule is COc1c(O)c2c(=O)cc(OC)c3c4c(OC)cc(=O)c5c(O)c(OC)c6c(c(c1CC(C)(O)C6C(C)=O)c23)c54. The van der Waals surface area contributed by atoms with Gasteiger partial charge in [0.2, 0.25) is 0 Å². The molecule has 1 aliphatic carbocycles. The van der Waals surface area contributed by atoms with Gasteiger partial charge in [-0.1, -0.05) is 0 Å². The molecule has 0 saturated carbocycles. The first-order valence-corrected chi connectivity index (χ1v) is 12.5. The van der Waals surface area contributed by atoms with E-state index in [2.05, 4.69) is 0 Å². The molecule has 0 aromatic heterocycles. The summed E-state index contributed by atoms with van der Waals surface area (Å²) in [5, 5.41) is 36.5. The third kappa shape index (κ3) is 2.88. The highest BCUT2D eigenvalue weighted by Gasteiger charge is 2.46. The van der Waals surface area contributed by atoms with Gasteiger partial charge >= 0.3 is 0 Å². The molecule has 2 unspecified atom stereocenters. The van der Waals surface area contributed by atoms with Crippen molar-refractivity contribution in [3.63, 3.8) is 0 Å².